The van der Waals surface area contributed by atoms with Gasteiger partial charge in [0, 0.05) is 5.56 Å². The Hall–Kier alpha value is -1.28. The van der Waals surface area contributed by atoms with Crippen LogP contribution in [0, 0.1) is 6.92 Å². The first-order valence-electron chi connectivity index (χ1n) is 7.12. The molecule has 2 nitrogen and oxygen atoms in total. The summed E-state index contributed by atoms with van der Waals surface area (Å²) in [4.78, 5) is 0. The van der Waals surface area contributed by atoms with E-state index in [1.807, 2.05) is 32.9 Å². The minimum absolute atomic E-state index is 0.197. The van der Waals surface area contributed by atoms with Gasteiger partial charge in [0.15, 0.2) is 0 Å². The van der Waals surface area contributed by atoms with Gasteiger partial charge in [-0.25, -0.2) is 0 Å². The highest BCUT2D eigenvalue weighted by Gasteiger charge is 1.99. The van der Waals surface area contributed by atoms with Crippen molar-refractivity contribution in [1.82, 2.24) is 0 Å². The Bertz CT molecular complexity index is 368. The second kappa shape index (κ2) is 10.6. The van der Waals surface area contributed by atoms with Crippen molar-refractivity contribution in [2.75, 3.05) is 7.11 Å². The average Bonchev–Trinajstić information content (AvgIpc) is 2.40. The standard InChI is InChI=1S/C15H22O2.C2H6/c1-12-9-10-15(17-3)14(11-12)8-6-4-5-7-13(2)16;1-2/h6,8-11,13,16H,4-5,7H2,1-3H3;1-2H3/b8-6+;. The molecule has 0 aliphatic heterocycles. The lowest BCUT2D eigenvalue weighted by molar-refractivity contribution is 0.182. The quantitative estimate of drug-likeness (QED) is 0.761. The zero-order valence-electron chi connectivity index (χ0n) is 12.9. The number of allylic oxidation sites excluding steroid dienone is 1. The number of aliphatic hydroxyl groups excluding tert-OH is 1. The van der Waals surface area contributed by atoms with Crippen LogP contribution in [0.3, 0.4) is 0 Å². The van der Waals surface area contributed by atoms with E-state index in [1.165, 1.54) is 5.56 Å². The molecular weight excluding hydrogens is 236 g/mol. The van der Waals surface area contributed by atoms with Crippen LogP contribution in [0.2, 0.25) is 0 Å². The van der Waals surface area contributed by atoms with Crippen molar-refractivity contribution in [2.24, 2.45) is 0 Å². The molecule has 0 heterocycles. The predicted molar refractivity (Wildman–Crippen MR) is 83.6 cm³/mol. The van der Waals surface area contributed by atoms with E-state index in [0.717, 1.165) is 30.6 Å². The van der Waals surface area contributed by atoms with Gasteiger partial charge in [-0.05, 0) is 45.2 Å². The molecule has 2 heteroatoms. The summed E-state index contributed by atoms with van der Waals surface area (Å²) in [5, 5.41) is 9.14. The SMILES string of the molecule is CC.COc1ccc(C)cc1/C=C/CCCC(C)O. The van der Waals surface area contributed by atoms with E-state index in [4.69, 9.17) is 9.84 Å². The number of aryl methyl sites for hydroxylation is 1. The maximum absolute atomic E-state index is 9.14. The van der Waals surface area contributed by atoms with Crippen LogP contribution in [0.4, 0.5) is 0 Å². The minimum Gasteiger partial charge on any atom is -0.496 e. The fourth-order valence-electron chi connectivity index (χ4n) is 1.73. The fourth-order valence-corrected chi connectivity index (χ4v) is 1.73. The Morgan fingerprint density at radius 3 is 2.58 bits per heavy atom. The van der Waals surface area contributed by atoms with E-state index in [0.29, 0.717) is 0 Å². The molecular formula is C17H28O2. The Kier molecular flexibility index (Phi) is 9.91. The Labute approximate surface area is 118 Å². The smallest absolute Gasteiger partial charge is 0.126 e. The van der Waals surface area contributed by atoms with Crippen molar-refractivity contribution in [3.05, 3.63) is 35.4 Å². The maximum atomic E-state index is 9.14. The third kappa shape index (κ3) is 7.68. The molecule has 0 spiro atoms. The van der Waals surface area contributed by atoms with Crippen molar-refractivity contribution in [1.29, 1.82) is 0 Å². The molecule has 0 radical (unpaired) electrons. The van der Waals surface area contributed by atoms with Gasteiger partial charge in [0.1, 0.15) is 5.75 Å². The van der Waals surface area contributed by atoms with Crippen LogP contribution in [0.15, 0.2) is 24.3 Å². The molecule has 0 bridgehead atoms. The van der Waals surface area contributed by atoms with E-state index < -0.39 is 0 Å². The molecule has 19 heavy (non-hydrogen) atoms. The van der Waals surface area contributed by atoms with E-state index >= 15 is 0 Å². The van der Waals surface area contributed by atoms with Gasteiger partial charge in [0.2, 0.25) is 0 Å². The number of ether oxygens (including phenoxy) is 1. The van der Waals surface area contributed by atoms with Crippen molar-refractivity contribution >= 4 is 6.08 Å². The molecule has 1 atom stereocenters. The van der Waals surface area contributed by atoms with Gasteiger partial charge in [-0.2, -0.15) is 0 Å². The fraction of sp³-hybridized carbons (Fsp3) is 0.529. The lowest BCUT2D eigenvalue weighted by Crippen LogP contribution is -1.97. The zero-order chi connectivity index (χ0) is 14.7. The monoisotopic (exact) mass is 264 g/mol. The van der Waals surface area contributed by atoms with Gasteiger partial charge in [0.05, 0.1) is 13.2 Å². The normalized spacial score (nSPS) is 11.9. The summed E-state index contributed by atoms with van der Waals surface area (Å²) in [6.07, 6.45) is 6.89. The lowest BCUT2D eigenvalue weighted by atomic mass is 10.1. The first-order valence-corrected chi connectivity index (χ1v) is 7.12. The van der Waals surface area contributed by atoms with Crippen LogP contribution in [0.25, 0.3) is 6.08 Å². The predicted octanol–water partition coefficient (Wildman–Crippen LogP) is 4.59. The summed E-state index contributed by atoms with van der Waals surface area (Å²) < 4.78 is 5.30. The first-order chi connectivity index (χ1) is 9.13. The van der Waals surface area contributed by atoms with Crippen LogP contribution in [-0.4, -0.2) is 18.3 Å². The van der Waals surface area contributed by atoms with Gasteiger partial charge in [-0.1, -0.05) is 37.6 Å². The average molecular weight is 264 g/mol. The summed E-state index contributed by atoms with van der Waals surface area (Å²) in [7, 11) is 1.69. The highest BCUT2D eigenvalue weighted by Crippen LogP contribution is 2.21. The Balaban J connectivity index is 0.00000154. The molecule has 1 unspecified atom stereocenters. The summed E-state index contributed by atoms with van der Waals surface area (Å²) in [5.74, 6) is 0.905. The van der Waals surface area contributed by atoms with Gasteiger partial charge in [-0.15, -0.1) is 0 Å². The van der Waals surface area contributed by atoms with Gasteiger partial charge in [-0.3, -0.25) is 0 Å². The molecule has 1 aromatic carbocycles. The van der Waals surface area contributed by atoms with Gasteiger partial charge >= 0.3 is 0 Å². The molecule has 1 N–H and O–H groups in total. The second-order valence-electron chi connectivity index (χ2n) is 4.43. The number of hydrogen-bond donors (Lipinski definition) is 1. The van der Waals surface area contributed by atoms with Crippen LogP contribution in [-0.2, 0) is 0 Å². The van der Waals surface area contributed by atoms with Crippen LogP contribution >= 0.6 is 0 Å². The van der Waals surface area contributed by atoms with Crippen molar-refractivity contribution in [2.45, 2.75) is 53.1 Å². The van der Waals surface area contributed by atoms with E-state index in [9.17, 15) is 0 Å². The van der Waals surface area contributed by atoms with Crippen LogP contribution < -0.4 is 4.74 Å². The Morgan fingerprint density at radius 1 is 1.32 bits per heavy atom. The van der Waals surface area contributed by atoms with E-state index in [-0.39, 0.29) is 6.10 Å². The highest BCUT2D eigenvalue weighted by atomic mass is 16.5. The summed E-state index contributed by atoms with van der Waals surface area (Å²) in [6, 6.07) is 6.15. The highest BCUT2D eigenvalue weighted by molar-refractivity contribution is 5.58. The molecule has 1 rings (SSSR count). The number of rotatable bonds is 6. The zero-order valence-corrected chi connectivity index (χ0v) is 12.9. The third-order valence-corrected chi connectivity index (χ3v) is 2.68. The van der Waals surface area contributed by atoms with Gasteiger partial charge in [0.25, 0.3) is 0 Å². The number of benzene rings is 1. The summed E-state index contributed by atoms with van der Waals surface area (Å²) >= 11 is 0. The van der Waals surface area contributed by atoms with Crippen molar-refractivity contribution in [3.8, 4) is 5.75 Å². The molecule has 1 aromatic rings. The third-order valence-electron chi connectivity index (χ3n) is 2.68. The van der Waals surface area contributed by atoms with E-state index in [2.05, 4.69) is 25.1 Å². The molecule has 0 aromatic heterocycles. The number of unbranched alkanes of at least 4 members (excludes halogenated alkanes) is 1. The van der Waals surface area contributed by atoms with Crippen molar-refractivity contribution in [3.63, 3.8) is 0 Å². The van der Waals surface area contributed by atoms with Gasteiger partial charge < -0.3 is 9.84 Å². The molecule has 0 saturated carbocycles. The van der Waals surface area contributed by atoms with Crippen LogP contribution in [0.1, 0.15) is 51.2 Å². The molecule has 0 aliphatic carbocycles. The van der Waals surface area contributed by atoms with Crippen LogP contribution in [0.5, 0.6) is 5.75 Å². The lowest BCUT2D eigenvalue weighted by Gasteiger charge is -2.05. The maximum Gasteiger partial charge on any atom is 0.126 e. The molecule has 0 saturated heterocycles. The topological polar surface area (TPSA) is 29.5 Å². The summed E-state index contributed by atoms with van der Waals surface area (Å²) in [5.41, 5.74) is 2.35. The largest absolute Gasteiger partial charge is 0.496 e. The number of aliphatic hydroxyl groups is 1. The molecule has 0 fully saturated rings. The van der Waals surface area contributed by atoms with E-state index in [1.54, 1.807) is 7.11 Å². The number of methoxy groups -OCH3 is 1. The molecule has 0 aliphatic rings. The summed E-state index contributed by atoms with van der Waals surface area (Å²) in [6.45, 7) is 7.90. The number of hydrogen-bond acceptors (Lipinski definition) is 2. The molecule has 0 amide bonds. The minimum atomic E-state index is -0.197. The Morgan fingerprint density at radius 2 is 2.00 bits per heavy atom. The molecule has 108 valence electrons. The van der Waals surface area contributed by atoms with Crippen molar-refractivity contribution < 1.29 is 9.84 Å². The first kappa shape index (κ1) is 17.7. The second-order valence-corrected chi connectivity index (χ2v) is 4.43.